The van der Waals surface area contributed by atoms with Crippen LogP contribution in [0.25, 0.3) is 6.08 Å². The normalized spacial score (nSPS) is 15.3. The molecule has 142 valence electrons. The fourth-order valence-electron chi connectivity index (χ4n) is 2.73. The maximum atomic E-state index is 13.6. The number of nitrogens with zero attached hydrogens (tertiary/aromatic N) is 2. The number of hydrogen-bond donors (Lipinski definition) is 1. The largest absolute Gasteiger partial charge is 0.326 e. The molecule has 2 aromatic rings. The van der Waals surface area contributed by atoms with Crippen molar-refractivity contribution in [3.63, 3.8) is 0 Å². The fourth-order valence-corrected chi connectivity index (χ4v) is 3.89. The first-order chi connectivity index (χ1) is 12.6. The quantitative estimate of drug-likeness (QED) is 0.815. The lowest BCUT2D eigenvalue weighted by atomic mass is 10.1. The van der Waals surface area contributed by atoms with Gasteiger partial charge in [0.2, 0.25) is 5.91 Å². The van der Waals surface area contributed by atoms with E-state index in [9.17, 15) is 22.0 Å². The van der Waals surface area contributed by atoms with Gasteiger partial charge >= 0.3 is 10.2 Å². The smallest absolute Gasteiger partial charge is 0.322 e. The van der Waals surface area contributed by atoms with Gasteiger partial charge < -0.3 is 5.32 Å². The summed E-state index contributed by atoms with van der Waals surface area (Å²) in [7, 11) is -0.745. The summed E-state index contributed by atoms with van der Waals surface area (Å²) in [5.74, 6) is -1.82. The van der Waals surface area contributed by atoms with Crippen LogP contribution in [0.4, 0.5) is 25.8 Å². The molecule has 0 fully saturated rings. The molecule has 0 unspecified atom stereocenters. The molecule has 3 rings (SSSR count). The van der Waals surface area contributed by atoms with Gasteiger partial charge in [-0.15, -0.1) is 0 Å². The molecule has 0 saturated carbocycles. The molecule has 1 N–H and O–H groups in total. The van der Waals surface area contributed by atoms with Crippen molar-refractivity contribution in [2.75, 3.05) is 28.0 Å². The zero-order valence-corrected chi connectivity index (χ0v) is 15.6. The highest BCUT2D eigenvalue weighted by Gasteiger charge is 2.35. The van der Waals surface area contributed by atoms with Gasteiger partial charge in [-0.25, -0.2) is 8.78 Å². The molecule has 27 heavy (non-hydrogen) atoms. The van der Waals surface area contributed by atoms with Crippen molar-refractivity contribution >= 4 is 39.3 Å². The molecule has 9 heteroatoms. The van der Waals surface area contributed by atoms with Crippen LogP contribution in [-0.2, 0) is 15.0 Å². The summed E-state index contributed by atoms with van der Waals surface area (Å²) in [6.45, 7) is 1.73. The molecule has 0 saturated heterocycles. The molecular weight excluding hydrogens is 376 g/mol. The van der Waals surface area contributed by atoms with Crippen molar-refractivity contribution in [2.24, 2.45) is 0 Å². The van der Waals surface area contributed by atoms with Gasteiger partial charge in [-0.05, 0) is 48.9 Å². The average Bonchev–Trinajstić information content (AvgIpc) is 2.77. The summed E-state index contributed by atoms with van der Waals surface area (Å²) in [6.07, 6.45) is 2.25. The van der Waals surface area contributed by atoms with Gasteiger partial charge in [-0.3, -0.25) is 13.4 Å². The maximum absolute atomic E-state index is 13.6. The number of rotatable bonds is 3. The van der Waals surface area contributed by atoms with E-state index in [1.165, 1.54) is 20.2 Å². The summed E-state index contributed by atoms with van der Waals surface area (Å²) in [4.78, 5) is 12.2. The third kappa shape index (κ3) is 3.37. The van der Waals surface area contributed by atoms with E-state index in [0.717, 1.165) is 32.9 Å². The van der Waals surface area contributed by atoms with Crippen LogP contribution in [0.15, 0.2) is 36.4 Å². The van der Waals surface area contributed by atoms with Crippen molar-refractivity contribution < 1.29 is 22.0 Å². The molecule has 1 heterocycles. The summed E-state index contributed by atoms with van der Waals surface area (Å²) >= 11 is 0. The van der Waals surface area contributed by atoms with E-state index in [2.05, 4.69) is 5.32 Å². The second-order valence-corrected chi connectivity index (χ2v) is 8.08. The van der Waals surface area contributed by atoms with E-state index in [0.29, 0.717) is 22.6 Å². The molecule has 1 aliphatic heterocycles. The highest BCUT2D eigenvalue weighted by atomic mass is 32.2. The first-order valence-electron chi connectivity index (χ1n) is 7.93. The number of carbonyl (C=O) groups excluding carboxylic acids is 1. The van der Waals surface area contributed by atoms with Crippen molar-refractivity contribution in [3.8, 4) is 0 Å². The van der Waals surface area contributed by atoms with Crippen LogP contribution in [0.2, 0.25) is 0 Å². The number of aryl methyl sites for hydroxylation is 1. The van der Waals surface area contributed by atoms with Crippen LogP contribution in [0.5, 0.6) is 0 Å². The minimum atomic E-state index is -3.62. The average molecular weight is 393 g/mol. The Morgan fingerprint density at radius 2 is 1.70 bits per heavy atom. The lowest BCUT2D eigenvalue weighted by Gasteiger charge is -2.13. The highest BCUT2D eigenvalue weighted by Crippen LogP contribution is 2.41. The van der Waals surface area contributed by atoms with Gasteiger partial charge in [0.15, 0.2) is 0 Å². The molecule has 0 aliphatic carbocycles. The zero-order chi connectivity index (χ0) is 19.9. The first kappa shape index (κ1) is 18.8. The summed E-state index contributed by atoms with van der Waals surface area (Å²) in [5.41, 5.74) is 1.96. The maximum Gasteiger partial charge on any atom is 0.326 e. The molecule has 0 spiro atoms. The van der Waals surface area contributed by atoms with Crippen LogP contribution in [0.3, 0.4) is 0 Å². The van der Waals surface area contributed by atoms with Crippen LogP contribution >= 0.6 is 0 Å². The molecule has 6 nitrogen and oxygen atoms in total. The predicted octanol–water partition coefficient (Wildman–Crippen LogP) is 3.06. The number of hydrogen-bond acceptors (Lipinski definition) is 3. The number of benzene rings is 2. The molecule has 0 bridgehead atoms. The van der Waals surface area contributed by atoms with Crippen molar-refractivity contribution in [3.05, 3.63) is 59.2 Å². The summed E-state index contributed by atoms with van der Waals surface area (Å²) in [6, 6.07) is 6.16. The standard InChI is InChI=1S/C18H17F2N3O3S/c1-11-8-16-17(23(3)27(25,26)22(16)2)10-15(11)21-18(24)7-4-12-9-13(19)5-6-14(12)20/h4-10H,1-3H3,(H,21,24)/b7-4+. The van der Waals surface area contributed by atoms with E-state index >= 15 is 0 Å². The van der Waals surface area contributed by atoms with E-state index in [1.54, 1.807) is 19.1 Å². The number of nitrogens with one attached hydrogen (secondary N) is 1. The van der Waals surface area contributed by atoms with Gasteiger partial charge in [-0.1, -0.05) is 0 Å². The monoisotopic (exact) mass is 393 g/mol. The lowest BCUT2D eigenvalue weighted by Crippen LogP contribution is -2.32. The summed E-state index contributed by atoms with van der Waals surface area (Å²) in [5, 5.41) is 2.63. The first-order valence-corrected chi connectivity index (χ1v) is 9.32. The molecule has 0 atom stereocenters. The number of anilines is 3. The van der Waals surface area contributed by atoms with Crippen LogP contribution in [0, 0.1) is 18.6 Å². The van der Waals surface area contributed by atoms with Gasteiger partial charge in [-0.2, -0.15) is 8.42 Å². The van der Waals surface area contributed by atoms with E-state index in [4.69, 9.17) is 0 Å². The van der Waals surface area contributed by atoms with Gasteiger partial charge in [0.25, 0.3) is 0 Å². The van der Waals surface area contributed by atoms with Crippen molar-refractivity contribution in [1.82, 2.24) is 0 Å². The SMILES string of the molecule is Cc1cc2c(cc1NC(=O)/C=C/c1cc(F)ccc1F)N(C)S(=O)(=O)N2C. The van der Waals surface area contributed by atoms with Crippen LogP contribution in [-0.4, -0.2) is 28.4 Å². The van der Waals surface area contributed by atoms with E-state index < -0.39 is 27.8 Å². The Kier molecular flexibility index (Phi) is 4.64. The number of fused-ring (bicyclic) bond motifs is 1. The molecule has 2 aromatic carbocycles. The molecule has 1 amide bonds. The minimum absolute atomic E-state index is 0.0525. The topological polar surface area (TPSA) is 69.7 Å². The summed E-state index contributed by atoms with van der Waals surface area (Å²) < 4.78 is 53.4. The Balaban J connectivity index is 1.85. The third-order valence-corrected chi connectivity index (χ3v) is 6.10. The van der Waals surface area contributed by atoms with E-state index in [1.807, 2.05) is 0 Å². The lowest BCUT2D eigenvalue weighted by molar-refractivity contribution is -0.111. The van der Waals surface area contributed by atoms with Crippen molar-refractivity contribution in [1.29, 1.82) is 0 Å². The third-order valence-electron chi connectivity index (χ3n) is 4.32. The number of amides is 1. The molecular formula is C18H17F2N3O3S. The van der Waals surface area contributed by atoms with Gasteiger partial charge in [0.05, 0.1) is 11.4 Å². The second kappa shape index (κ2) is 6.66. The molecule has 0 radical (unpaired) electrons. The zero-order valence-electron chi connectivity index (χ0n) is 14.8. The highest BCUT2D eigenvalue weighted by molar-refractivity contribution is 7.94. The van der Waals surface area contributed by atoms with E-state index in [-0.39, 0.29) is 5.56 Å². The fraction of sp³-hybridized carbons (Fsp3) is 0.167. The Morgan fingerprint density at radius 3 is 2.37 bits per heavy atom. The van der Waals surface area contributed by atoms with Gasteiger partial charge in [0, 0.05) is 31.4 Å². The Morgan fingerprint density at radius 1 is 1.07 bits per heavy atom. The number of halogens is 2. The van der Waals surface area contributed by atoms with Crippen LogP contribution in [0.1, 0.15) is 11.1 Å². The predicted molar refractivity (Wildman–Crippen MR) is 101 cm³/mol. The minimum Gasteiger partial charge on any atom is -0.322 e. The van der Waals surface area contributed by atoms with Gasteiger partial charge in [0.1, 0.15) is 11.6 Å². The Hall–Kier alpha value is -2.94. The Labute approximate surface area is 155 Å². The van der Waals surface area contributed by atoms with Crippen LogP contribution < -0.4 is 13.9 Å². The molecule has 0 aromatic heterocycles. The van der Waals surface area contributed by atoms with Crippen molar-refractivity contribution in [2.45, 2.75) is 6.92 Å². The number of carbonyl (C=O) groups is 1. The Bertz CT molecular complexity index is 1070. The second-order valence-electron chi connectivity index (χ2n) is 6.09. The molecule has 1 aliphatic rings.